The Bertz CT molecular complexity index is 1010. The van der Waals surface area contributed by atoms with Crippen molar-refractivity contribution >= 4 is 33.4 Å². The van der Waals surface area contributed by atoms with Gasteiger partial charge in [0.2, 0.25) is 0 Å². The maximum atomic E-state index is 13.8. The SMILES string of the molecule is Fc1cccc2c(NCCCNc3ncnc4c(F)cccc34)ncnc12. The van der Waals surface area contributed by atoms with Gasteiger partial charge in [-0.25, -0.2) is 28.7 Å². The molecule has 6 nitrogen and oxygen atoms in total. The number of rotatable bonds is 6. The summed E-state index contributed by atoms with van der Waals surface area (Å²) in [5.41, 5.74) is 0.588. The molecule has 0 unspecified atom stereocenters. The Morgan fingerprint density at radius 2 is 1.15 bits per heavy atom. The summed E-state index contributed by atoms with van der Waals surface area (Å²) in [5, 5.41) is 7.68. The zero-order chi connectivity index (χ0) is 18.6. The molecule has 4 aromatic rings. The highest BCUT2D eigenvalue weighted by Crippen LogP contribution is 2.22. The second-order valence-corrected chi connectivity index (χ2v) is 5.92. The Kier molecular flexibility index (Phi) is 4.69. The van der Waals surface area contributed by atoms with E-state index < -0.39 is 0 Å². The van der Waals surface area contributed by atoms with E-state index in [1.165, 1.54) is 24.8 Å². The van der Waals surface area contributed by atoms with E-state index in [4.69, 9.17) is 0 Å². The normalized spacial score (nSPS) is 11.0. The Balaban J connectivity index is 1.38. The molecule has 0 fully saturated rings. The monoisotopic (exact) mass is 366 g/mol. The molecule has 0 radical (unpaired) electrons. The van der Waals surface area contributed by atoms with Crippen LogP contribution in [0.25, 0.3) is 21.8 Å². The minimum Gasteiger partial charge on any atom is -0.369 e. The summed E-state index contributed by atoms with van der Waals surface area (Å²) in [6.07, 6.45) is 3.43. The van der Waals surface area contributed by atoms with Gasteiger partial charge in [0.25, 0.3) is 0 Å². The number of anilines is 2. The van der Waals surface area contributed by atoms with Gasteiger partial charge in [-0.3, -0.25) is 0 Å². The van der Waals surface area contributed by atoms with Crippen molar-refractivity contribution in [1.82, 2.24) is 19.9 Å². The summed E-state index contributed by atoms with van der Waals surface area (Å²) in [4.78, 5) is 16.3. The molecule has 0 aliphatic rings. The molecule has 2 aromatic carbocycles. The van der Waals surface area contributed by atoms with Crippen LogP contribution in [-0.4, -0.2) is 33.0 Å². The molecular formula is C19H16F2N6. The third-order valence-corrected chi connectivity index (χ3v) is 4.17. The topological polar surface area (TPSA) is 75.6 Å². The van der Waals surface area contributed by atoms with Crippen LogP contribution in [-0.2, 0) is 0 Å². The summed E-state index contributed by atoms with van der Waals surface area (Å²) in [5.74, 6) is 0.438. The molecule has 2 heterocycles. The standard InChI is InChI=1S/C19H16F2N6/c20-14-6-1-4-12-16(14)24-10-26-18(12)22-8-3-9-23-19-13-5-2-7-15(21)17(13)25-11-27-19/h1-2,4-7,10-11H,3,8-9H2,(H,22,24,26)(H,23,25,27). The lowest BCUT2D eigenvalue weighted by Crippen LogP contribution is -2.11. The van der Waals surface area contributed by atoms with E-state index >= 15 is 0 Å². The highest BCUT2D eigenvalue weighted by atomic mass is 19.1. The van der Waals surface area contributed by atoms with E-state index in [0.29, 0.717) is 46.5 Å². The van der Waals surface area contributed by atoms with Crippen molar-refractivity contribution in [2.24, 2.45) is 0 Å². The third-order valence-electron chi connectivity index (χ3n) is 4.17. The minimum atomic E-state index is -0.373. The molecule has 27 heavy (non-hydrogen) atoms. The molecule has 2 aromatic heterocycles. The van der Waals surface area contributed by atoms with Crippen molar-refractivity contribution in [2.75, 3.05) is 23.7 Å². The number of hydrogen-bond donors (Lipinski definition) is 2. The number of nitrogens with one attached hydrogen (secondary N) is 2. The predicted molar refractivity (Wildman–Crippen MR) is 101 cm³/mol. The van der Waals surface area contributed by atoms with Crippen LogP contribution in [0.2, 0.25) is 0 Å². The van der Waals surface area contributed by atoms with E-state index in [9.17, 15) is 8.78 Å². The van der Waals surface area contributed by atoms with Gasteiger partial charge in [-0.2, -0.15) is 0 Å². The molecule has 136 valence electrons. The van der Waals surface area contributed by atoms with Crippen LogP contribution >= 0.6 is 0 Å². The quantitative estimate of drug-likeness (QED) is 0.506. The van der Waals surface area contributed by atoms with E-state index in [1.807, 2.05) is 0 Å². The van der Waals surface area contributed by atoms with E-state index in [1.54, 1.807) is 24.3 Å². The maximum absolute atomic E-state index is 13.8. The van der Waals surface area contributed by atoms with Gasteiger partial charge in [0, 0.05) is 23.9 Å². The number of nitrogens with zero attached hydrogens (tertiary/aromatic N) is 4. The number of aromatic nitrogens is 4. The predicted octanol–water partition coefficient (Wildman–Crippen LogP) is 3.77. The second-order valence-electron chi connectivity index (χ2n) is 5.92. The molecule has 0 amide bonds. The van der Waals surface area contributed by atoms with Crippen LogP contribution < -0.4 is 10.6 Å². The van der Waals surface area contributed by atoms with Crippen molar-refractivity contribution in [1.29, 1.82) is 0 Å². The van der Waals surface area contributed by atoms with Crippen LogP contribution in [0, 0.1) is 11.6 Å². The first-order valence-electron chi connectivity index (χ1n) is 8.50. The van der Waals surface area contributed by atoms with Crippen molar-refractivity contribution < 1.29 is 8.78 Å². The first-order valence-corrected chi connectivity index (χ1v) is 8.50. The number of hydrogen-bond acceptors (Lipinski definition) is 6. The van der Waals surface area contributed by atoms with Crippen LogP contribution in [0.4, 0.5) is 20.4 Å². The fourth-order valence-electron chi connectivity index (χ4n) is 2.89. The zero-order valence-electron chi connectivity index (χ0n) is 14.3. The highest BCUT2D eigenvalue weighted by molar-refractivity contribution is 5.89. The lowest BCUT2D eigenvalue weighted by molar-refractivity contribution is 0.636. The average Bonchev–Trinajstić information content (AvgIpc) is 2.69. The molecule has 8 heteroatoms. The number of fused-ring (bicyclic) bond motifs is 2. The fourth-order valence-corrected chi connectivity index (χ4v) is 2.89. The maximum Gasteiger partial charge on any atom is 0.149 e. The van der Waals surface area contributed by atoms with Crippen molar-refractivity contribution in [3.63, 3.8) is 0 Å². The molecule has 0 aliphatic carbocycles. The van der Waals surface area contributed by atoms with Gasteiger partial charge < -0.3 is 10.6 Å². The molecule has 0 bridgehead atoms. The minimum absolute atomic E-state index is 0.294. The summed E-state index contributed by atoms with van der Waals surface area (Å²) in [7, 11) is 0. The van der Waals surface area contributed by atoms with Gasteiger partial charge in [-0.15, -0.1) is 0 Å². The summed E-state index contributed by atoms with van der Waals surface area (Å²) >= 11 is 0. The van der Waals surface area contributed by atoms with E-state index in [2.05, 4.69) is 30.6 Å². The third kappa shape index (κ3) is 3.46. The molecule has 0 saturated heterocycles. The Labute approximate surface area is 153 Å². The summed E-state index contributed by atoms with van der Waals surface area (Å²) < 4.78 is 27.6. The zero-order valence-corrected chi connectivity index (χ0v) is 14.3. The molecule has 0 spiro atoms. The number of para-hydroxylation sites is 2. The summed E-state index contributed by atoms with van der Waals surface area (Å²) in [6.45, 7) is 1.24. The highest BCUT2D eigenvalue weighted by Gasteiger charge is 2.08. The van der Waals surface area contributed by atoms with Crippen molar-refractivity contribution in [3.05, 3.63) is 60.7 Å². The van der Waals surface area contributed by atoms with Crippen LogP contribution in [0.5, 0.6) is 0 Å². The van der Waals surface area contributed by atoms with Gasteiger partial charge in [-0.05, 0) is 30.7 Å². The molecule has 2 N–H and O–H groups in total. The van der Waals surface area contributed by atoms with Crippen molar-refractivity contribution in [2.45, 2.75) is 6.42 Å². The van der Waals surface area contributed by atoms with Crippen LogP contribution in [0.3, 0.4) is 0 Å². The van der Waals surface area contributed by atoms with E-state index in [-0.39, 0.29) is 11.6 Å². The molecule has 0 saturated carbocycles. The smallest absolute Gasteiger partial charge is 0.149 e. The van der Waals surface area contributed by atoms with Crippen LogP contribution in [0.1, 0.15) is 6.42 Å². The Morgan fingerprint density at radius 1 is 0.667 bits per heavy atom. The second kappa shape index (κ2) is 7.45. The first-order chi connectivity index (χ1) is 13.2. The van der Waals surface area contributed by atoms with Gasteiger partial charge in [0.1, 0.15) is 47.0 Å². The van der Waals surface area contributed by atoms with Gasteiger partial charge >= 0.3 is 0 Å². The lowest BCUT2D eigenvalue weighted by atomic mass is 10.2. The average molecular weight is 366 g/mol. The Morgan fingerprint density at radius 3 is 1.63 bits per heavy atom. The summed E-state index contributed by atoms with van der Waals surface area (Å²) in [6, 6.07) is 9.57. The van der Waals surface area contributed by atoms with Crippen LogP contribution in [0.15, 0.2) is 49.1 Å². The Hall–Kier alpha value is -3.42. The first kappa shape index (κ1) is 17.0. The van der Waals surface area contributed by atoms with Gasteiger partial charge in [0.15, 0.2) is 0 Å². The van der Waals surface area contributed by atoms with Gasteiger partial charge in [0.05, 0.1) is 0 Å². The largest absolute Gasteiger partial charge is 0.369 e. The number of benzene rings is 2. The molecule has 0 atom stereocenters. The number of halogens is 2. The molecule has 0 aliphatic heterocycles. The molecule has 4 rings (SSSR count). The van der Waals surface area contributed by atoms with E-state index in [0.717, 1.165) is 6.42 Å². The van der Waals surface area contributed by atoms with Gasteiger partial charge in [-0.1, -0.05) is 12.1 Å². The fraction of sp³-hybridized carbons (Fsp3) is 0.158. The lowest BCUT2D eigenvalue weighted by Gasteiger charge is -2.10. The van der Waals surface area contributed by atoms with Crippen molar-refractivity contribution in [3.8, 4) is 0 Å². The molecular weight excluding hydrogens is 350 g/mol.